The molecule has 0 fully saturated rings. The maximum atomic E-state index is 7.41. The van der Waals surface area contributed by atoms with E-state index in [-0.39, 0.29) is 5.84 Å². The van der Waals surface area contributed by atoms with Crippen LogP contribution in [0.4, 0.5) is 0 Å². The molecule has 0 atom stereocenters. The van der Waals surface area contributed by atoms with E-state index in [0.717, 1.165) is 16.7 Å². The van der Waals surface area contributed by atoms with Crippen molar-refractivity contribution in [1.29, 1.82) is 5.41 Å². The van der Waals surface area contributed by atoms with Crippen LogP contribution in [-0.4, -0.2) is 15.4 Å². The first kappa shape index (κ1) is 11.7. The molecule has 0 aliphatic heterocycles. The highest BCUT2D eigenvalue weighted by Gasteiger charge is 2.09. The van der Waals surface area contributed by atoms with Gasteiger partial charge in [0.05, 0.1) is 21.7 Å². The summed E-state index contributed by atoms with van der Waals surface area (Å²) in [7, 11) is 0. The maximum absolute atomic E-state index is 7.41. The number of nitrogen functional groups attached to an aromatic ring is 1. The summed E-state index contributed by atoms with van der Waals surface area (Å²) in [5.74, 6) is 0.00365. The Balaban J connectivity index is 2.19. The molecule has 0 amide bonds. The Morgan fingerprint density at radius 3 is 2.74 bits per heavy atom. The lowest BCUT2D eigenvalue weighted by Gasteiger charge is -2.08. The van der Waals surface area contributed by atoms with Gasteiger partial charge in [-0.15, -0.1) is 0 Å². The third-order valence-electron chi connectivity index (χ3n) is 2.97. The van der Waals surface area contributed by atoms with Crippen LogP contribution < -0.4 is 5.73 Å². The molecular formula is C14H11ClN4. The van der Waals surface area contributed by atoms with E-state index in [1.54, 1.807) is 18.5 Å². The number of hydrogen-bond donors (Lipinski definition) is 2. The predicted octanol–water partition coefficient (Wildman–Crippen LogP) is 2.96. The van der Waals surface area contributed by atoms with Gasteiger partial charge in [-0.25, -0.2) is 4.98 Å². The third kappa shape index (κ3) is 1.96. The summed E-state index contributed by atoms with van der Waals surface area (Å²) in [5, 5.41) is 7.95. The van der Waals surface area contributed by atoms with Crippen molar-refractivity contribution < 1.29 is 0 Å². The highest BCUT2D eigenvalue weighted by Crippen LogP contribution is 2.25. The van der Waals surface area contributed by atoms with E-state index in [0.29, 0.717) is 10.6 Å². The highest BCUT2D eigenvalue weighted by atomic mass is 35.5. The van der Waals surface area contributed by atoms with Gasteiger partial charge in [-0.1, -0.05) is 23.7 Å². The van der Waals surface area contributed by atoms with Gasteiger partial charge in [-0.2, -0.15) is 0 Å². The van der Waals surface area contributed by atoms with Gasteiger partial charge in [0.15, 0.2) is 0 Å². The first-order valence-corrected chi connectivity index (χ1v) is 6.11. The van der Waals surface area contributed by atoms with Crippen molar-refractivity contribution in [2.75, 3.05) is 0 Å². The Bertz CT molecular complexity index is 776. The minimum Gasteiger partial charge on any atom is -0.384 e. The quantitative estimate of drug-likeness (QED) is 0.555. The van der Waals surface area contributed by atoms with Crippen LogP contribution in [0, 0.1) is 5.41 Å². The van der Waals surface area contributed by atoms with E-state index in [1.807, 2.05) is 34.9 Å². The number of nitrogens with two attached hydrogens (primary N) is 1. The first-order chi connectivity index (χ1) is 9.16. The Hall–Kier alpha value is -2.33. The fourth-order valence-corrected chi connectivity index (χ4v) is 2.29. The second-order valence-electron chi connectivity index (χ2n) is 4.18. The number of aromatic nitrogens is 2. The van der Waals surface area contributed by atoms with E-state index in [2.05, 4.69) is 4.98 Å². The molecule has 94 valence electrons. The molecule has 0 aliphatic rings. The van der Waals surface area contributed by atoms with E-state index < -0.39 is 0 Å². The van der Waals surface area contributed by atoms with Crippen LogP contribution in [-0.2, 0) is 0 Å². The number of nitrogens with zero attached hydrogens (tertiary/aromatic N) is 2. The average Bonchev–Trinajstić information content (AvgIpc) is 2.82. The van der Waals surface area contributed by atoms with Crippen molar-refractivity contribution in [3.05, 3.63) is 59.4 Å². The molecule has 2 aromatic carbocycles. The minimum atomic E-state index is 0.00365. The predicted molar refractivity (Wildman–Crippen MR) is 77.1 cm³/mol. The molecule has 0 unspecified atom stereocenters. The van der Waals surface area contributed by atoms with E-state index >= 15 is 0 Å². The van der Waals surface area contributed by atoms with Crippen molar-refractivity contribution in [3.63, 3.8) is 0 Å². The number of benzene rings is 2. The number of halogens is 1. The number of amidine groups is 1. The Kier molecular flexibility index (Phi) is 2.72. The smallest absolute Gasteiger partial charge is 0.122 e. The number of para-hydroxylation sites is 2. The molecule has 0 spiro atoms. The van der Waals surface area contributed by atoms with Crippen LogP contribution in [0.5, 0.6) is 0 Å². The molecule has 1 aromatic heterocycles. The van der Waals surface area contributed by atoms with Gasteiger partial charge in [0.2, 0.25) is 0 Å². The lowest BCUT2D eigenvalue weighted by Crippen LogP contribution is -2.11. The van der Waals surface area contributed by atoms with Crippen LogP contribution in [0.3, 0.4) is 0 Å². The summed E-state index contributed by atoms with van der Waals surface area (Å²) < 4.78 is 1.92. The van der Waals surface area contributed by atoms with Gasteiger partial charge >= 0.3 is 0 Å². The fourth-order valence-electron chi connectivity index (χ4n) is 2.02. The van der Waals surface area contributed by atoms with Crippen molar-refractivity contribution >= 4 is 28.5 Å². The third-order valence-corrected chi connectivity index (χ3v) is 3.27. The molecule has 1 heterocycles. The second kappa shape index (κ2) is 4.40. The molecule has 19 heavy (non-hydrogen) atoms. The second-order valence-corrected chi connectivity index (χ2v) is 4.59. The van der Waals surface area contributed by atoms with E-state index in [9.17, 15) is 0 Å². The summed E-state index contributed by atoms with van der Waals surface area (Å²) in [4.78, 5) is 4.33. The van der Waals surface area contributed by atoms with Gasteiger partial charge in [0.25, 0.3) is 0 Å². The molecule has 0 bridgehead atoms. The molecule has 3 aromatic rings. The van der Waals surface area contributed by atoms with Crippen LogP contribution in [0.1, 0.15) is 5.56 Å². The molecule has 0 radical (unpaired) electrons. The standard InChI is InChI=1S/C14H11ClN4/c15-10-7-9(14(16)17)5-6-12(10)19-8-18-11-3-1-2-4-13(11)19/h1-8H,(H3,16,17). The molecule has 0 aliphatic carbocycles. The zero-order valence-electron chi connectivity index (χ0n) is 9.97. The molecule has 0 saturated carbocycles. The van der Waals surface area contributed by atoms with Crippen molar-refractivity contribution in [1.82, 2.24) is 9.55 Å². The molecular weight excluding hydrogens is 260 g/mol. The Morgan fingerprint density at radius 1 is 1.21 bits per heavy atom. The summed E-state index contributed by atoms with van der Waals surface area (Å²) in [6.45, 7) is 0. The molecule has 3 N–H and O–H groups in total. The number of hydrogen-bond acceptors (Lipinski definition) is 2. The van der Waals surface area contributed by atoms with Gasteiger partial charge in [0, 0.05) is 5.56 Å². The van der Waals surface area contributed by atoms with Gasteiger partial charge in [-0.05, 0) is 30.3 Å². The molecule has 3 rings (SSSR count). The monoisotopic (exact) mass is 270 g/mol. The molecule has 0 saturated heterocycles. The Labute approximate surface area is 115 Å². The fraction of sp³-hybridized carbons (Fsp3) is 0. The summed E-state index contributed by atoms with van der Waals surface area (Å²) in [6.07, 6.45) is 1.74. The topological polar surface area (TPSA) is 67.7 Å². The molecule has 5 heteroatoms. The largest absolute Gasteiger partial charge is 0.384 e. The highest BCUT2D eigenvalue weighted by molar-refractivity contribution is 6.32. The normalized spacial score (nSPS) is 10.8. The van der Waals surface area contributed by atoms with E-state index in [1.165, 1.54) is 0 Å². The first-order valence-electron chi connectivity index (χ1n) is 5.73. The molecule has 4 nitrogen and oxygen atoms in total. The van der Waals surface area contributed by atoms with Crippen LogP contribution >= 0.6 is 11.6 Å². The number of imidazole rings is 1. The van der Waals surface area contributed by atoms with Crippen molar-refractivity contribution in [3.8, 4) is 5.69 Å². The lowest BCUT2D eigenvalue weighted by molar-refractivity contribution is 1.09. The van der Waals surface area contributed by atoms with Crippen LogP contribution in [0.15, 0.2) is 48.8 Å². The number of nitrogens with one attached hydrogen (secondary N) is 1. The average molecular weight is 271 g/mol. The Morgan fingerprint density at radius 2 is 2.00 bits per heavy atom. The summed E-state index contributed by atoms with van der Waals surface area (Å²) in [5.41, 5.74) is 8.77. The SMILES string of the molecule is N=C(N)c1ccc(-n2cnc3ccccc32)c(Cl)c1. The zero-order chi connectivity index (χ0) is 13.4. The number of fused-ring (bicyclic) bond motifs is 1. The zero-order valence-corrected chi connectivity index (χ0v) is 10.7. The van der Waals surface area contributed by atoms with Crippen molar-refractivity contribution in [2.24, 2.45) is 5.73 Å². The van der Waals surface area contributed by atoms with Crippen molar-refractivity contribution in [2.45, 2.75) is 0 Å². The van der Waals surface area contributed by atoms with Crippen LogP contribution in [0.25, 0.3) is 16.7 Å². The van der Waals surface area contributed by atoms with Crippen LogP contribution in [0.2, 0.25) is 5.02 Å². The van der Waals surface area contributed by atoms with Gasteiger partial charge < -0.3 is 5.73 Å². The number of rotatable bonds is 2. The lowest BCUT2D eigenvalue weighted by atomic mass is 10.2. The van der Waals surface area contributed by atoms with E-state index in [4.69, 9.17) is 22.7 Å². The minimum absolute atomic E-state index is 0.00365. The van der Waals surface area contributed by atoms with Gasteiger partial charge in [0.1, 0.15) is 12.2 Å². The summed E-state index contributed by atoms with van der Waals surface area (Å²) >= 11 is 6.26. The van der Waals surface area contributed by atoms with Gasteiger partial charge in [-0.3, -0.25) is 9.98 Å². The maximum Gasteiger partial charge on any atom is 0.122 e. The summed E-state index contributed by atoms with van der Waals surface area (Å²) in [6, 6.07) is 13.1.